The fourth-order valence-corrected chi connectivity index (χ4v) is 5.36. The minimum Gasteiger partial charge on any atom is -0.495 e. The molecule has 10 nitrogen and oxygen atoms in total. The minimum atomic E-state index is -0.505. The van der Waals surface area contributed by atoms with Gasteiger partial charge >= 0.3 is 12.2 Å². The Hall–Kier alpha value is -3.82. The average Bonchev–Trinajstić information content (AvgIpc) is 3.33. The summed E-state index contributed by atoms with van der Waals surface area (Å²) in [6.45, 7) is 6.55. The van der Waals surface area contributed by atoms with Gasteiger partial charge in [-0.25, -0.2) is 14.6 Å². The van der Waals surface area contributed by atoms with Gasteiger partial charge in [0, 0.05) is 30.4 Å². The lowest BCUT2D eigenvalue weighted by Crippen LogP contribution is -2.31. The largest absolute Gasteiger partial charge is 0.495 e. The van der Waals surface area contributed by atoms with Crippen molar-refractivity contribution >= 4 is 23.4 Å². The number of nitrogens with one attached hydrogen (secondary N) is 2. The molecule has 2 amide bonds. The summed E-state index contributed by atoms with van der Waals surface area (Å²) >= 11 is 0. The van der Waals surface area contributed by atoms with Gasteiger partial charge in [-0.1, -0.05) is 19.4 Å². The van der Waals surface area contributed by atoms with Gasteiger partial charge in [-0.15, -0.1) is 0 Å². The first-order valence-electron chi connectivity index (χ1n) is 13.7. The van der Waals surface area contributed by atoms with Crippen LogP contribution in [0, 0.1) is 12.8 Å². The molecule has 4 rings (SSSR count). The van der Waals surface area contributed by atoms with Gasteiger partial charge in [-0.05, 0) is 64.0 Å². The molecule has 3 aromatic rings. The van der Waals surface area contributed by atoms with Gasteiger partial charge in [-0.2, -0.15) is 0 Å². The summed E-state index contributed by atoms with van der Waals surface area (Å²) in [5, 5.41) is 5.63. The van der Waals surface area contributed by atoms with Gasteiger partial charge in [0.15, 0.2) is 0 Å². The van der Waals surface area contributed by atoms with Crippen molar-refractivity contribution in [2.24, 2.45) is 5.92 Å². The number of ether oxygens (including phenoxy) is 3. The van der Waals surface area contributed by atoms with Gasteiger partial charge in [0.2, 0.25) is 0 Å². The molecule has 1 aliphatic carbocycles. The Morgan fingerprint density at radius 2 is 1.92 bits per heavy atom. The number of alkyl carbamates (subject to hydrolysis) is 1. The molecule has 0 unspecified atom stereocenters. The maximum atomic E-state index is 12.4. The Morgan fingerprint density at radius 3 is 2.62 bits per heavy atom. The first-order valence-corrected chi connectivity index (χ1v) is 13.7. The van der Waals surface area contributed by atoms with E-state index in [1.165, 1.54) is 7.11 Å². The second kappa shape index (κ2) is 12.8. The summed E-state index contributed by atoms with van der Waals surface area (Å²) in [6, 6.07) is 5.64. The van der Waals surface area contributed by atoms with Crippen LogP contribution in [0.2, 0.25) is 0 Å². The third-order valence-corrected chi connectivity index (χ3v) is 7.41. The lowest BCUT2D eigenvalue weighted by atomic mass is 9.81. The monoisotopic (exact) mass is 537 g/mol. The third kappa shape index (κ3) is 6.61. The molecule has 0 bridgehead atoms. The second-order valence-electron chi connectivity index (χ2n) is 10.2. The van der Waals surface area contributed by atoms with Crippen molar-refractivity contribution in [2.75, 3.05) is 26.1 Å². The maximum Gasteiger partial charge on any atom is 0.412 e. The van der Waals surface area contributed by atoms with Crippen LogP contribution < -0.4 is 15.4 Å². The highest BCUT2D eigenvalue weighted by atomic mass is 16.6. The zero-order valence-electron chi connectivity index (χ0n) is 23.5. The molecule has 0 saturated heterocycles. The highest BCUT2D eigenvalue weighted by Crippen LogP contribution is 2.39. The number of fused-ring (bicyclic) bond motifs is 1. The molecule has 2 aromatic heterocycles. The Morgan fingerprint density at radius 1 is 1.15 bits per heavy atom. The van der Waals surface area contributed by atoms with Crippen LogP contribution in [0.5, 0.6) is 5.75 Å². The maximum absolute atomic E-state index is 12.4. The number of hydrogen-bond donors (Lipinski definition) is 2. The Kier molecular flexibility index (Phi) is 9.27. The molecule has 39 heavy (non-hydrogen) atoms. The van der Waals surface area contributed by atoms with Crippen LogP contribution in [0.3, 0.4) is 0 Å². The van der Waals surface area contributed by atoms with E-state index in [1.807, 2.05) is 44.4 Å². The van der Waals surface area contributed by atoms with Gasteiger partial charge in [0.05, 0.1) is 36.8 Å². The van der Waals surface area contributed by atoms with Crippen molar-refractivity contribution in [3.8, 4) is 17.0 Å². The normalized spacial score (nSPS) is 17.9. The summed E-state index contributed by atoms with van der Waals surface area (Å²) in [4.78, 5) is 33.5. The van der Waals surface area contributed by atoms with E-state index in [4.69, 9.17) is 19.2 Å². The summed E-state index contributed by atoms with van der Waals surface area (Å²) in [7, 11) is 2.96. The number of nitrogens with zero attached hydrogens (tertiary/aromatic N) is 3. The van der Waals surface area contributed by atoms with Crippen molar-refractivity contribution in [1.29, 1.82) is 0 Å². The van der Waals surface area contributed by atoms with E-state index in [0.29, 0.717) is 29.8 Å². The van der Waals surface area contributed by atoms with Crippen LogP contribution in [0.1, 0.15) is 69.8 Å². The van der Waals surface area contributed by atoms with E-state index >= 15 is 0 Å². The molecule has 2 heterocycles. The number of imidazole rings is 1. The van der Waals surface area contributed by atoms with Crippen LogP contribution in [-0.2, 0) is 9.47 Å². The van der Waals surface area contributed by atoms with Crippen LogP contribution >= 0.6 is 0 Å². The number of methoxy groups -OCH3 is 2. The molecule has 1 aromatic carbocycles. The van der Waals surface area contributed by atoms with E-state index in [1.54, 1.807) is 7.11 Å². The first kappa shape index (κ1) is 28.2. The molecule has 1 fully saturated rings. The standard InChI is InChI=1S/C29H39N5O5/c1-6-7-18(2)39-29(36)32-23-13-12-22(16-24(23)37-4)25-26-19(3)30-14-15-34(26)27(33-25)21-10-8-20(9-11-21)17-31-28(35)38-5/h12-16,18,20-21H,6-11,17H2,1-5H3,(H,31,35)(H,32,36)/t18-,20-,21-/m0/s1. The van der Waals surface area contributed by atoms with Crippen LogP contribution in [0.15, 0.2) is 30.6 Å². The van der Waals surface area contributed by atoms with Crippen molar-refractivity contribution < 1.29 is 23.8 Å². The number of carbonyl (C=O) groups excluding carboxylic acids is 2. The predicted octanol–water partition coefficient (Wildman–Crippen LogP) is 6.08. The number of anilines is 1. The molecule has 1 saturated carbocycles. The zero-order valence-corrected chi connectivity index (χ0v) is 23.5. The van der Waals surface area contributed by atoms with Crippen molar-refractivity contribution in [2.45, 2.75) is 71.3 Å². The van der Waals surface area contributed by atoms with E-state index in [0.717, 1.165) is 66.8 Å². The molecule has 0 radical (unpaired) electrons. The quantitative estimate of drug-likeness (QED) is 0.340. The van der Waals surface area contributed by atoms with Gasteiger partial charge < -0.3 is 19.5 Å². The van der Waals surface area contributed by atoms with Crippen LogP contribution in [-0.4, -0.2) is 53.4 Å². The fourth-order valence-electron chi connectivity index (χ4n) is 5.36. The van der Waals surface area contributed by atoms with Gasteiger partial charge in [0.25, 0.3) is 0 Å². The lowest BCUT2D eigenvalue weighted by Gasteiger charge is -2.27. The summed E-state index contributed by atoms with van der Waals surface area (Å²) in [5.74, 6) is 2.26. The van der Waals surface area contributed by atoms with Gasteiger partial charge in [0.1, 0.15) is 17.7 Å². The SMILES string of the molecule is CCC[C@H](C)OC(=O)Nc1ccc(-c2nc([C@H]3CC[C@H](CNC(=O)OC)CC3)n3ccnc(C)c23)cc1OC. The van der Waals surface area contributed by atoms with Crippen LogP contribution in [0.4, 0.5) is 15.3 Å². The molecule has 210 valence electrons. The topological polar surface area (TPSA) is 116 Å². The summed E-state index contributed by atoms with van der Waals surface area (Å²) in [5.41, 5.74) is 4.08. The summed E-state index contributed by atoms with van der Waals surface area (Å²) < 4.78 is 17.9. The van der Waals surface area contributed by atoms with Crippen molar-refractivity contribution in [1.82, 2.24) is 19.7 Å². The average molecular weight is 538 g/mol. The smallest absolute Gasteiger partial charge is 0.412 e. The number of benzene rings is 1. The predicted molar refractivity (Wildman–Crippen MR) is 149 cm³/mol. The number of hydrogen-bond acceptors (Lipinski definition) is 7. The number of aryl methyl sites for hydroxylation is 1. The van der Waals surface area contributed by atoms with E-state index in [9.17, 15) is 9.59 Å². The highest BCUT2D eigenvalue weighted by molar-refractivity contribution is 5.89. The highest BCUT2D eigenvalue weighted by Gasteiger charge is 2.28. The third-order valence-electron chi connectivity index (χ3n) is 7.41. The fraction of sp³-hybridized carbons (Fsp3) is 0.517. The number of amides is 2. The minimum absolute atomic E-state index is 0.162. The number of carbonyl (C=O) groups is 2. The molecule has 1 atom stereocenters. The van der Waals surface area contributed by atoms with E-state index in [2.05, 4.69) is 26.9 Å². The Bertz CT molecular complexity index is 1300. The second-order valence-corrected chi connectivity index (χ2v) is 10.2. The summed E-state index contributed by atoms with van der Waals surface area (Å²) in [6.07, 6.45) is 8.45. The van der Waals surface area contributed by atoms with Crippen LogP contribution in [0.25, 0.3) is 16.8 Å². The molecule has 0 spiro atoms. The van der Waals surface area contributed by atoms with E-state index in [-0.39, 0.29) is 12.2 Å². The molecule has 2 N–H and O–H groups in total. The number of aromatic nitrogens is 3. The van der Waals surface area contributed by atoms with Crippen molar-refractivity contribution in [3.05, 3.63) is 42.1 Å². The first-order chi connectivity index (χ1) is 18.8. The van der Waals surface area contributed by atoms with Crippen molar-refractivity contribution in [3.63, 3.8) is 0 Å². The molecule has 1 aliphatic rings. The van der Waals surface area contributed by atoms with E-state index < -0.39 is 6.09 Å². The zero-order chi connectivity index (χ0) is 27.9. The Balaban J connectivity index is 1.57. The molecule has 10 heteroatoms. The van der Waals surface area contributed by atoms with Gasteiger partial charge in [-0.3, -0.25) is 14.7 Å². The molecular weight excluding hydrogens is 498 g/mol. The Labute approximate surface area is 229 Å². The lowest BCUT2D eigenvalue weighted by molar-refractivity contribution is 0.115. The molecular formula is C29H39N5O5. The molecule has 0 aliphatic heterocycles. The number of rotatable bonds is 9.